The number of fused-ring (bicyclic) bond motifs is 3. The monoisotopic (exact) mass is 440 g/mol. The second-order valence-electron chi connectivity index (χ2n) is 7.72. The molecule has 2 aliphatic rings. The van der Waals surface area contributed by atoms with Gasteiger partial charge in [-0.3, -0.25) is 9.59 Å². The van der Waals surface area contributed by atoms with Crippen LogP contribution in [0.15, 0.2) is 47.1 Å². The van der Waals surface area contributed by atoms with Crippen LogP contribution in [0.3, 0.4) is 0 Å². The first-order valence-corrected chi connectivity index (χ1v) is 10.6. The van der Waals surface area contributed by atoms with Crippen molar-refractivity contribution in [3.05, 3.63) is 64.4 Å². The first kappa shape index (κ1) is 19.9. The molecule has 0 unspecified atom stereocenters. The molecule has 2 aliphatic heterocycles. The maximum absolute atomic E-state index is 12.2. The van der Waals surface area contributed by atoms with Crippen LogP contribution in [0.5, 0.6) is 0 Å². The molecule has 1 spiro atoms. The zero-order valence-corrected chi connectivity index (χ0v) is 17.5. The largest absolute Gasteiger partial charge is 0.464 e. The lowest BCUT2D eigenvalue weighted by atomic mass is 9.96. The number of furan rings is 1. The third kappa shape index (κ3) is 3.75. The van der Waals surface area contributed by atoms with E-state index >= 15 is 0 Å². The van der Waals surface area contributed by atoms with E-state index < -0.39 is 17.7 Å². The van der Waals surface area contributed by atoms with E-state index in [1.54, 1.807) is 18.4 Å². The highest BCUT2D eigenvalue weighted by Crippen LogP contribution is 2.40. The van der Waals surface area contributed by atoms with E-state index in [2.05, 4.69) is 10.6 Å². The number of nitrogens with one attached hydrogen (secondary N) is 2. The Hall–Kier alpha value is -3.03. The molecule has 1 aromatic heterocycles. The fraction of sp³-hybridized carbons (Fsp3) is 0.304. The van der Waals surface area contributed by atoms with Crippen molar-refractivity contribution in [1.29, 1.82) is 0 Å². The lowest BCUT2D eigenvalue weighted by molar-refractivity contribution is -0.225. The molecule has 2 N–H and O–H groups in total. The van der Waals surface area contributed by atoms with Crippen molar-refractivity contribution in [3.63, 3.8) is 0 Å². The Bertz CT molecular complexity index is 1150. The summed E-state index contributed by atoms with van der Waals surface area (Å²) in [6.07, 6.45) is 2.30. The summed E-state index contributed by atoms with van der Waals surface area (Å²) in [5.41, 5.74) is 4.08. The molecule has 0 atom stereocenters. The summed E-state index contributed by atoms with van der Waals surface area (Å²) < 4.78 is 16.9. The van der Waals surface area contributed by atoms with E-state index in [1.807, 2.05) is 24.3 Å². The summed E-state index contributed by atoms with van der Waals surface area (Å²) in [6.45, 7) is 1.33. The average Bonchev–Trinajstić information content (AvgIpc) is 3.08. The number of ether oxygens (including phenoxy) is 2. The predicted molar refractivity (Wildman–Crippen MR) is 115 cm³/mol. The Kier molecular flexibility index (Phi) is 5.08. The number of hydrogen-bond acceptors (Lipinski definition) is 7. The van der Waals surface area contributed by atoms with Crippen LogP contribution in [-0.2, 0) is 37.8 Å². The summed E-state index contributed by atoms with van der Waals surface area (Å²) in [5, 5.41) is 8.23. The number of esters is 2. The summed E-state index contributed by atoms with van der Waals surface area (Å²) in [6, 6.07) is 11.4. The van der Waals surface area contributed by atoms with Crippen LogP contribution in [0, 0.1) is 0 Å². The molecule has 0 radical (unpaired) electrons. The van der Waals surface area contributed by atoms with Crippen LogP contribution in [0.25, 0.3) is 11.0 Å². The van der Waals surface area contributed by atoms with E-state index in [0.717, 1.165) is 27.8 Å². The van der Waals surface area contributed by atoms with Crippen molar-refractivity contribution < 1.29 is 23.5 Å². The molecule has 3 heterocycles. The van der Waals surface area contributed by atoms with E-state index in [-0.39, 0.29) is 19.4 Å². The number of carbonyl (C=O) groups excluding carboxylic acids is 2. The van der Waals surface area contributed by atoms with Gasteiger partial charge in [-0.25, -0.2) is 0 Å². The molecule has 7 nitrogen and oxygen atoms in total. The van der Waals surface area contributed by atoms with Crippen molar-refractivity contribution in [1.82, 2.24) is 5.32 Å². The van der Waals surface area contributed by atoms with E-state index in [0.29, 0.717) is 30.1 Å². The van der Waals surface area contributed by atoms with Crippen LogP contribution < -0.4 is 10.6 Å². The molecule has 31 heavy (non-hydrogen) atoms. The molecular weight excluding hydrogens is 420 g/mol. The van der Waals surface area contributed by atoms with Gasteiger partial charge in [-0.05, 0) is 48.4 Å². The molecule has 0 aliphatic carbocycles. The van der Waals surface area contributed by atoms with Gasteiger partial charge in [-0.1, -0.05) is 23.7 Å². The standard InChI is InChI=1S/C23H21ClN2O5/c24-18-4-3-17-16(7-9-25-13-23(17)30-20(27)5-6-21(28)31-23)22(18)26-12-14-1-2-15-8-10-29-19(15)11-14/h1-4,8,10-11,25-26H,5-7,9,12-13H2. The fourth-order valence-corrected chi connectivity index (χ4v) is 4.41. The molecule has 0 bridgehead atoms. The third-order valence-electron chi connectivity index (χ3n) is 5.66. The van der Waals surface area contributed by atoms with Crippen molar-refractivity contribution in [2.45, 2.75) is 31.6 Å². The Labute approximate surface area is 183 Å². The van der Waals surface area contributed by atoms with Crippen LogP contribution in [0.1, 0.15) is 29.5 Å². The van der Waals surface area contributed by atoms with Crippen molar-refractivity contribution >= 4 is 40.2 Å². The van der Waals surface area contributed by atoms with Gasteiger partial charge in [-0.15, -0.1) is 0 Å². The highest BCUT2D eigenvalue weighted by Gasteiger charge is 2.45. The third-order valence-corrected chi connectivity index (χ3v) is 5.98. The highest BCUT2D eigenvalue weighted by atomic mass is 35.5. The predicted octanol–water partition coefficient (Wildman–Crippen LogP) is 3.88. The maximum atomic E-state index is 12.2. The molecule has 1 saturated heterocycles. The minimum absolute atomic E-state index is 0.00384. The summed E-state index contributed by atoms with van der Waals surface area (Å²) in [4.78, 5) is 24.5. The van der Waals surface area contributed by atoms with Crippen molar-refractivity contribution in [2.24, 2.45) is 0 Å². The first-order chi connectivity index (χ1) is 15.0. The number of halogens is 1. The molecule has 5 rings (SSSR count). The average molecular weight is 441 g/mol. The SMILES string of the molecule is O=C1CCC(=O)OC2(CNCCc3c2ccc(Cl)c3NCc2ccc3ccoc3c2)O1. The normalized spacial score (nSPS) is 18.1. The van der Waals surface area contributed by atoms with Crippen LogP contribution in [0.4, 0.5) is 5.69 Å². The summed E-state index contributed by atoms with van der Waals surface area (Å²) in [7, 11) is 0. The molecule has 8 heteroatoms. The van der Waals surface area contributed by atoms with Gasteiger partial charge in [0.15, 0.2) is 0 Å². The number of benzene rings is 2. The Morgan fingerprint density at radius 3 is 2.65 bits per heavy atom. The van der Waals surface area contributed by atoms with Crippen molar-refractivity contribution in [2.75, 3.05) is 18.4 Å². The molecular formula is C23H21ClN2O5. The zero-order valence-electron chi connectivity index (χ0n) is 16.7. The Morgan fingerprint density at radius 1 is 1.03 bits per heavy atom. The van der Waals surface area contributed by atoms with Crippen LogP contribution >= 0.6 is 11.6 Å². The topological polar surface area (TPSA) is 89.8 Å². The molecule has 0 saturated carbocycles. The van der Waals surface area contributed by atoms with Gasteiger partial charge < -0.3 is 24.5 Å². The lowest BCUT2D eigenvalue weighted by Crippen LogP contribution is -2.43. The van der Waals surface area contributed by atoms with Gasteiger partial charge in [0.2, 0.25) is 0 Å². The minimum Gasteiger partial charge on any atom is -0.464 e. The maximum Gasteiger partial charge on any atom is 0.309 e. The second-order valence-corrected chi connectivity index (χ2v) is 8.13. The van der Waals surface area contributed by atoms with Crippen molar-refractivity contribution in [3.8, 4) is 0 Å². The number of hydrogen-bond donors (Lipinski definition) is 2. The van der Waals surface area contributed by atoms with E-state index in [9.17, 15) is 9.59 Å². The minimum atomic E-state index is -1.50. The molecule has 2 aromatic carbocycles. The smallest absolute Gasteiger partial charge is 0.309 e. The molecule has 3 aromatic rings. The first-order valence-electron chi connectivity index (χ1n) is 10.2. The molecule has 1 fully saturated rings. The Balaban J connectivity index is 1.51. The van der Waals surface area contributed by atoms with Gasteiger partial charge in [0, 0.05) is 17.5 Å². The lowest BCUT2D eigenvalue weighted by Gasteiger charge is -2.32. The van der Waals surface area contributed by atoms with Gasteiger partial charge in [-0.2, -0.15) is 0 Å². The number of carbonyl (C=O) groups is 2. The fourth-order valence-electron chi connectivity index (χ4n) is 4.16. The van der Waals surface area contributed by atoms with Crippen LogP contribution in [-0.4, -0.2) is 25.0 Å². The number of rotatable bonds is 3. The quantitative estimate of drug-likeness (QED) is 0.597. The van der Waals surface area contributed by atoms with Gasteiger partial charge in [0.05, 0.1) is 36.4 Å². The highest BCUT2D eigenvalue weighted by molar-refractivity contribution is 6.33. The summed E-state index contributed by atoms with van der Waals surface area (Å²) >= 11 is 6.56. The Morgan fingerprint density at radius 2 is 1.84 bits per heavy atom. The molecule has 0 amide bonds. The zero-order chi connectivity index (χ0) is 21.4. The van der Waals surface area contributed by atoms with Crippen LogP contribution in [0.2, 0.25) is 5.02 Å². The van der Waals surface area contributed by atoms with Gasteiger partial charge in [0.1, 0.15) is 5.58 Å². The number of anilines is 1. The van der Waals surface area contributed by atoms with E-state index in [4.69, 9.17) is 25.5 Å². The second kappa shape index (κ2) is 7.90. The van der Waals surface area contributed by atoms with E-state index in [1.165, 1.54) is 0 Å². The van der Waals surface area contributed by atoms with Gasteiger partial charge in [0.25, 0.3) is 5.79 Å². The summed E-state index contributed by atoms with van der Waals surface area (Å²) in [5.74, 6) is -2.42. The molecule has 160 valence electrons. The van der Waals surface area contributed by atoms with Gasteiger partial charge >= 0.3 is 11.9 Å².